The molecule has 2 rings (SSSR count). The first-order chi connectivity index (χ1) is 10.5. The van der Waals surface area contributed by atoms with Gasteiger partial charge in [-0.1, -0.05) is 17.7 Å². The third kappa shape index (κ3) is 4.11. The highest BCUT2D eigenvalue weighted by Gasteiger charge is 2.27. The third-order valence-corrected chi connectivity index (χ3v) is 3.83. The van der Waals surface area contributed by atoms with Crippen LogP contribution in [-0.4, -0.2) is 37.7 Å². The molecule has 1 aromatic rings. The monoisotopic (exact) mass is 326 g/mol. The second-order valence-corrected chi connectivity index (χ2v) is 5.55. The number of hydrogen-bond acceptors (Lipinski definition) is 4. The molecule has 0 spiro atoms. The van der Waals surface area contributed by atoms with Crippen LogP contribution in [0.3, 0.4) is 0 Å². The van der Waals surface area contributed by atoms with E-state index in [4.69, 9.17) is 26.8 Å². The zero-order valence-electron chi connectivity index (χ0n) is 12.3. The first-order valence-corrected chi connectivity index (χ1v) is 7.42. The zero-order chi connectivity index (χ0) is 16.1. The van der Waals surface area contributed by atoms with E-state index in [9.17, 15) is 9.59 Å². The van der Waals surface area contributed by atoms with E-state index in [0.717, 1.165) is 12.0 Å². The molecule has 0 saturated carbocycles. The lowest BCUT2D eigenvalue weighted by Crippen LogP contribution is -2.49. The Hall–Kier alpha value is -1.79. The number of primary amides is 1. The lowest BCUT2D eigenvalue weighted by atomic mass is 10.0. The van der Waals surface area contributed by atoms with Crippen LogP contribution in [0, 0.1) is 0 Å². The van der Waals surface area contributed by atoms with Crippen molar-refractivity contribution in [1.29, 1.82) is 0 Å². The minimum absolute atomic E-state index is 0.261. The number of hydrogen-bond donors (Lipinski definition) is 2. The van der Waals surface area contributed by atoms with Crippen molar-refractivity contribution in [2.24, 2.45) is 5.73 Å². The molecule has 2 atom stereocenters. The van der Waals surface area contributed by atoms with Crippen molar-refractivity contribution in [1.82, 2.24) is 5.32 Å². The van der Waals surface area contributed by atoms with Crippen molar-refractivity contribution in [3.05, 3.63) is 28.8 Å². The molecule has 1 saturated heterocycles. The fourth-order valence-electron chi connectivity index (χ4n) is 2.34. The molecule has 1 aliphatic heterocycles. The second kappa shape index (κ2) is 7.47. The van der Waals surface area contributed by atoms with Crippen molar-refractivity contribution in [2.45, 2.75) is 31.4 Å². The molecule has 6 nitrogen and oxygen atoms in total. The van der Waals surface area contributed by atoms with Gasteiger partial charge in [-0.05, 0) is 30.5 Å². The number of carbonyl (C=O) groups is 2. The van der Waals surface area contributed by atoms with Crippen molar-refractivity contribution < 1.29 is 19.1 Å². The summed E-state index contributed by atoms with van der Waals surface area (Å²) in [5.74, 6) is -0.358. The Labute approximate surface area is 133 Å². The summed E-state index contributed by atoms with van der Waals surface area (Å²) in [6.45, 7) is 0.563. The highest BCUT2D eigenvalue weighted by molar-refractivity contribution is 6.32. The Kier molecular flexibility index (Phi) is 5.63. The number of carbonyl (C=O) groups excluding carboxylic acids is 2. The molecule has 0 unspecified atom stereocenters. The maximum absolute atomic E-state index is 12.0. The van der Waals surface area contributed by atoms with Crippen molar-refractivity contribution in [2.75, 3.05) is 13.7 Å². The zero-order valence-corrected chi connectivity index (χ0v) is 13.1. The number of nitrogens with two attached hydrogens (primary N) is 1. The SMILES string of the molecule is COc1ccc(C[C@@H](NC(=O)[C@H]2CCCO2)C(N)=O)cc1Cl. The van der Waals surface area contributed by atoms with Gasteiger partial charge in [0.25, 0.3) is 0 Å². The molecule has 0 radical (unpaired) electrons. The Morgan fingerprint density at radius 3 is 2.86 bits per heavy atom. The van der Waals surface area contributed by atoms with Gasteiger partial charge >= 0.3 is 0 Å². The lowest BCUT2D eigenvalue weighted by molar-refractivity contribution is -0.133. The third-order valence-electron chi connectivity index (χ3n) is 3.54. The van der Waals surface area contributed by atoms with Crippen molar-refractivity contribution in [3.63, 3.8) is 0 Å². The van der Waals surface area contributed by atoms with Crippen LogP contribution in [0.25, 0.3) is 0 Å². The minimum atomic E-state index is -0.804. The van der Waals surface area contributed by atoms with Gasteiger partial charge in [-0.15, -0.1) is 0 Å². The van der Waals surface area contributed by atoms with E-state index >= 15 is 0 Å². The van der Waals surface area contributed by atoms with Gasteiger partial charge in [0.1, 0.15) is 17.9 Å². The number of rotatable bonds is 6. The highest BCUT2D eigenvalue weighted by atomic mass is 35.5. The summed E-state index contributed by atoms with van der Waals surface area (Å²) in [5.41, 5.74) is 6.15. The maximum atomic E-state index is 12.0. The molecule has 3 N–H and O–H groups in total. The topological polar surface area (TPSA) is 90.7 Å². The van der Waals surface area contributed by atoms with E-state index in [-0.39, 0.29) is 12.3 Å². The Bertz CT molecular complexity index is 558. The van der Waals surface area contributed by atoms with Crippen LogP contribution in [0.5, 0.6) is 5.75 Å². The standard InChI is InChI=1S/C15H19ClN2O4/c1-21-12-5-4-9(7-10(12)16)8-11(14(17)19)18-15(20)13-3-2-6-22-13/h4-5,7,11,13H,2-3,6,8H2,1H3,(H2,17,19)(H,18,20)/t11-,13-/m1/s1. The molecule has 0 aromatic heterocycles. The summed E-state index contributed by atoms with van der Waals surface area (Å²) in [6, 6.07) is 4.37. The second-order valence-electron chi connectivity index (χ2n) is 5.14. The van der Waals surface area contributed by atoms with Crippen LogP contribution < -0.4 is 15.8 Å². The number of nitrogens with one attached hydrogen (secondary N) is 1. The predicted molar refractivity (Wildman–Crippen MR) is 81.8 cm³/mol. The van der Waals surface area contributed by atoms with E-state index in [2.05, 4.69) is 5.32 Å². The van der Waals surface area contributed by atoms with Gasteiger partial charge in [0, 0.05) is 13.0 Å². The Balaban J connectivity index is 2.03. The lowest BCUT2D eigenvalue weighted by Gasteiger charge is -2.18. The van der Waals surface area contributed by atoms with E-state index in [1.165, 1.54) is 7.11 Å². The summed E-state index contributed by atoms with van der Waals surface area (Å²) < 4.78 is 10.4. The van der Waals surface area contributed by atoms with Gasteiger partial charge in [-0.25, -0.2) is 0 Å². The summed E-state index contributed by atoms with van der Waals surface area (Å²) >= 11 is 6.05. The fourth-order valence-corrected chi connectivity index (χ4v) is 2.62. The van der Waals surface area contributed by atoms with Crippen LogP contribution in [0.15, 0.2) is 18.2 Å². The minimum Gasteiger partial charge on any atom is -0.495 e. The molecule has 22 heavy (non-hydrogen) atoms. The van der Waals surface area contributed by atoms with Gasteiger partial charge in [0.2, 0.25) is 11.8 Å². The van der Waals surface area contributed by atoms with Gasteiger partial charge in [-0.2, -0.15) is 0 Å². The summed E-state index contributed by atoms with van der Waals surface area (Å²) in [6.07, 6.45) is 1.26. The molecule has 1 aliphatic rings. The molecule has 0 aliphatic carbocycles. The first kappa shape index (κ1) is 16.6. The number of halogens is 1. The normalized spacial score (nSPS) is 18.7. The van der Waals surface area contributed by atoms with Crippen molar-refractivity contribution in [3.8, 4) is 5.75 Å². The maximum Gasteiger partial charge on any atom is 0.249 e. The predicted octanol–water partition coefficient (Wildman–Crippen LogP) is 1.04. The quantitative estimate of drug-likeness (QED) is 0.817. The Morgan fingerprint density at radius 2 is 2.32 bits per heavy atom. The van der Waals surface area contributed by atoms with Crippen LogP contribution >= 0.6 is 11.6 Å². The average Bonchev–Trinajstić information content (AvgIpc) is 3.01. The molecule has 120 valence electrons. The molecular formula is C15H19ClN2O4. The van der Waals surface area contributed by atoms with Gasteiger partial charge in [-0.3, -0.25) is 9.59 Å². The van der Waals surface area contributed by atoms with Crippen LogP contribution in [0.1, 0.15) is 18.4 Å². The first-order valence-electron chi connectivity index (χ1n) is 7.05. The smallest absolute Gasteiger partial charge is 0.249 e. The van der Waals surface area contributed by atoms with Crippen LogP contribution in [0.4, 0.5) is 0 Å². The van der Waals surface area contributed by atoms with Gasteiger partial charge < -0.3 is 20.5 Å². The molecule has 7 heteroatoms. The molecule has 1 fully saturated rings. The Morgan fingerprint density at radius 1 is 1.55 bits per heavy atom. The molecule has 2 amide bonds. The number of amides is 2. The average molecular weight is 327 g/mol. The van der Waals surface area contributed by atoms with Gasteiger partial charge in [0.05, 0.1) is 12.1 Å². The van der Waals surface area contributed by atoms with E-state index in [1.807, 2.05) is 0 Å². The fraction of sp³-hybridized carbons (Fsp3) is 0.467. The largest absolute Gasteiger partial charge is 0.495 e. The number of methoxy groups -OCH3 is 1. The van der Waals surface area contributed by atoms with Crippen LogP contribution in [-0.2, 0) is 20.7 Å². The molecule has 1 aromatic carbocycles. The van der Waals surface area contributed by atoms with E-state index < -0.39 is 18.1 Å². The van der Waals surface area contributed by atoms with Gasteiger partial charge in [0.15, 0.2) is 0 Å². The molecular weight excluding hydrogens is 308 g/mol. The summed E-state index contributed by atoms with van der Waals surface area (Å²) in [4.78, 5) is 23.6. The summed E-state index contributed by atoms with van der Waals surface area (Å²) in [7, 11) is 1.52. The summed E-state index contributed by atoms with van der Waals surface area (Å²) in [5, 5.41) is 3.08. The van der Waals surface area contributed by atoms with E-state index in [0.29, 0.717) is 23.8 Å². The van der Waals surface area contributed by atoms with Crippen molar-refractivity contribution >= 4 is 23.4 Å². The number of benzene rings is 1. The van der Waals surface area contributed by atoms with Crippen LogP contribution in [0.2, 0.25) is 5.02 Å². The number of ether oxygens (including phenoxy) is 2. The molecule has 1 heterocycles. The highest BCUT2D eigenvalue weighted by Crippen LogP contribution is 2.25. The van der Waals surface area contributed by atoms with E-state index in [1.54, 1.807) is 18.2 Å². The molecule has 0 bridgehead atoms.